The van der Waals surface area contributed by atoms with Crippen molar-refractivity contribution < 1.29 is 9.84 Å². The first-order valence-electron chi connectivity index (χ1n) is 2.85. The van der Waals surface area contributed by atoms with E-state index < -0.39 is 0 Å². The van der Waals surface area contributed by atoms with Gasteiger partial charge < -0.3 is 15.2 Å². The Hall–Kier alpha value is -0.120. The Balaban J connectivity index is 1.86. The minimum atomic E-state index is 0.219. The second-order valence-corrected chi connectivity index (χ2v) is 1.91. The lowest BCUT2D eigenvalue weighted by molar-refractivity contribution is -0.00629. The summed E-state index contributed by atoms with van der Waals surface area (Å²) in [5, 5.41) is 11.4. The van der Waals surface area contributed by atoms with Gasteiger partial charge in [0.25, 0.3) is 0 Å². The summed E-state index contributed by atoms with van der Waals surface area (Å²) < 4.78 is 4.89. The molecular weight excluding hydrogens is 106 g/mol. The maximum atomic E-state index is 8.33. The zero-order valence-corrected chi connectivity index (χ0v) is 4.76. The van der Waals surface area contributed by atoms with Crippen molar-refractivity contribution in [3.63, 3.8) is 0 Å². The first-order valence-corrected chi connectivity index (χ1v) is 2.85. The summed E-state index contributed by atoms with van der Waals surface area (Å²) >= 11 is 0. The van der Waals surface area contributed by atoms with E-state index >= 15 is 0 Å². The average molecular weight is 117 g/mol. The number of nitrogens with one attached hydrogen (secondary N) is 1. The fourth-order valence-electron chi connectivity index (χ4n) is 0.622. The highest BCUT2D eigenvalue weighted by Gasteiger charge is 2.15. The predicted molar refractivity (Wildman–Crippen MR) is 29.7 cm³/mol. The van der Waals surface area contributed by atoms with Gasteiger partial charge in [-0.2, -0.15) is 0 Å². The van der Waals surface area contributed by atoms with Crippen LogP contribution in [0.2, 0.25) is 0 Å². The molecule has 0 aromatic carbocycles. The number of ether oxygens (including phenoxy) is 1. The summed E-state index contributed by atoms with van der Waals surface area (Å²) in [6, 6.07) is 0.502. The molecule has 0 bridgehead atoms. The van der Waals surface area contributed by atoms with E-state index in [1.807, 2.05) is 0 Å². The van der Waals surface area contributed by atoms with Crippen molar-refractivity contribution >= 4 is 0 Å². The summed E-state index contributed by atoms with van der Waals surface area (Å²) in [6.45, 7) is 2.52. The highest BCUT2D eigenvalue weighted by atomic mass is 16.5. The zero-order valence-electron chi connectivity index (χ0n) is 4.76. The molecule has 0 unspecified atom stereocenters. The van der Waals surface area contributed by atoms with Gasteiger partial charge in [-0.25, -0.2) is 0 Å². The Morgan fingerprint density at radius 1 is 1.62 bits per heavy atom. The lowest BCUT2D eigenvalue weighted by Crippen LogP contribution is -2.46. The van der Waals surface area contributed by atoms with Crippen LogP contribution in [0.15, 0.2) is 0 Å². The maximum absolute atomic E-state index is 8.33. The number of hydrogen-bond donors (Lipinski definition) is 2. The average Bonchev–Trinajstić information content (AvgIpc) is 1.63. The third-order valence-electron chi connectivity index (χ3n) is 1.18. The molecule has 1 rings (SSSR count). The third-order valence-corrected chi connectivity index (χ3v) is 1.18. The van der Waals surface area contributed by atoms with E-state index in [-0.39, 0.29) is 6.61 Å². The molecule has 48 valence electrons. The lowest BCUT2D eigenvalue weighted by atomic mass is 10.2. The number of aliphatic hydroxyl groups is 1. The van der Waals surface area contributed by atoms with Crippen LogP contribution in [-0.4, -0.2) is 37.5 Å². The maximum Gasteiger partial charge on any atom is 0.0643 e. The molecule has 1 saturated heterocycles. The Morgan fingerprint density at radius 3 is 2.75 bits per heavy atom. The van der Waals surface area contributed by atoms with Gasteiger partial charge in [-0.1, -0.05) is 0 Å². The molecule has 2 N–H and O–H groups in total. The van der Waals surface area contributed by atoms with Crippen molar-refractivity contribution in [3.05, 3.63) is 0 Å². The Labute approximate surface area is 48.7 Å². The topological polar surface area (TPSA) is 41.5 Å². The highest BCUT2D eigenvalue weighted by Crippen LogP contribution is 1.97. The van der Waals surface area contributed by atoms with Gasteiger partial charge in [0.15, 0.2) is 0 Å². The molecule has 0 saturated carbocycles. The highest BCUT2D eigenvalue weighted by molar-refractivity contribution is 4.71. The standard InChI is InChI=1S/C5H11NO2/c7-2-1-6-5-3-8-4-5/h5-7H,1-4H2. The molecule has 1 aliphatic heterocycles. The lowest BCUT2D eigenvalue weighted by Gasteiger charge is -2.26. The third kappa shape index (κ3) is 1.43. The Kier molecular flexibility index (Phi) is 2.27. The van der Waals surface area contributed by atoms with E-state index in [0.29, 0.717) is 12.6 Å². The monoisotopic (exact) mass is 117 g/mol. The molecule has 1 fully saturated rings. The summed E-state index contributed by atoms with van der Waals surface area (Å²) in [6.07, 6.45) is 0. The van der Waals surface area contributed by atoms with Crippen LogP contribution in [0.1, 0.15) is 0 Å². The first-order chi connectivity index (χ1) is 3.93. The van der Waals surface area contributed by atoms with Crippen molar-refractivity contribution in [2.45, 2.75) is 6.04 Å². The minimum absolute atomic E-state index is 0.219. The predicted octanol–water partition coefficient (Wildman–Crippen LogP) is -1.03. The van der Waals surface area contributed by atoms with E-state index in [0.717, 1.165) is 13.2 Å². The number of rotatable bonds is 3. The quantitative estimate of drug-likeness (QED) is 0.496. The SMILES string of the molecule is OCCNC1COC1. The zero-order chi connectivity index (χ0) is 5.82. The van der Waals surface area contributed by atoms with Gasteiger partial charge in [0, 0.05) is 6.54 Å². The summed E-state index contributed by atoms with van der Waals surface area (Å²) in [5.41, 5.74) is 0. The van der Waals surface area contributed by atoms with E-state index in [2.05, 4.69) is 5.32 Å². The van der Waals surface area contributed by atoms with Crippen LogP contribution < -0.4 is 5.32 Å². The van der Waals surface area contributed by atoms with E-state index in [1.165, 1.54) is 0 Å². The second-order valence-electron chi connectivity index (χ2n) is 1.91. The molecule has 0 spiro atoms. The van der Waals surface area contributed by atoms with Gasteiger partial charge in [-0.15, -0.1) is 0 Å². The smallest absolute Gasteiger partial charge is 0.0643 e. The van der Waals surface area contributed by atoms with Gasteiger partial charge in [-0.05, 0) is 0 Å². The number of aliphatic hydroxyl groups excluding tert-OH is 1. The van der Waals surface area contributed by atoms with Crippen molar-refractivity contribution in [1.29, 1.82) is 0 Å². The summed E-state index contributed by atoms with van der Waals surface area (Å²) in [7, 11) is 0. The molecule has 3 nitrogen and oxygen atoms in total. The van der Waals surface area contributed by atoms with Crippen molar-refractivity contribution in [2.24, 2.45) is 0 Å². The minimum Gasteiger partial charge on any atom is -0.395 e. The van der Waals surface area contributed by atoms with Crippen LogP contribution in [0.4, 0.5) is 0 Å². The van der Waals surface area contributed by atoms with Crippen LogP contribution in [-0.2, 0) is 4.74 Å². The molecule has 0 aromatic heterocycles. The first kappa shape index (κ1) is 6.01. The van der Waals surface area contributed by atoms with Crippen LogP contribution in [0.3, 0.4) is 0 Å². The molecule has 1 heterocycles. The van der Waals surface area contributed by atoms with Gasteiger partial charge >= 0.3 is 0 Å². The second kappa shape index (κ2) is 3.02. The van der Waals surface area contributed by atoms with Gasteiger partial charge in [0.05, 0.1) is 25.9 Å². The largest absolute Gasteiger partial charge is 0.395 e. The van der Waals surface area contributed by atoms with Crippen LogP contribution in [0.5, 0.6) is 0 Å². The fourth-order valence-corrected chi connectivity index (χ4v) is 0.622. The van der Waals surface area contributed by atoms with Gasteiger partial charge in [0.1, 0.15) is 0 Å². The molecule has 0 aliphatic carbocycles. The molecule has 1 aliphatic rings. The number of hydrogen-bond acceptors (Lipinski definition) is 3. The van der Waals surface area contributed by atoms with E-state index in [4.69, 9.17) is 9.84 Å². The van der Waals surface area contributed by atoms with Crippen molar-refractivity contribution in [2.75, 3.05) is 26.4 Å². The van der Waals surface area contributed by atoms with Gasteiger partial charge in [-0.3, -0.25) is 0 Å². The van der Waals surface area contributed by atoms with Gasteiger partial charge in [0.2, 0.25) is 0 Å². The van der Waals surface area contributed by atoms with Crippen molar-refractivity contribution in [1.82, 2.24) is 5.32 Å². The fraction of sp³-hybridized carbons (Fsp3) is 1.00. The molecule has 0 radical (unpaired) electrons. The molecule has 0 atom stereocenters. The van der Waals surface area contributed by atoms with Crippen molar-refractivity contribution in [3.8, 4) is 0 Å². The Bertz CT molecular complexity index is 63.4. The molecule has 8 heavy (non-hydrogen) atoms. The normalized spacial score (nSPS) is 20.6. The summed E-state index contributed by atoms with van der Waals surface area (Å²) in [4.78, 5) is 0. The molecular formula is C5H11NO2. The summed E-state index contributed by atoms with van der Waals surface area (Å²) in [5.74, 6) is 0. The van der Waals surface area contributed by atoms with Crippen LogP contribution >= 0.6 is 0 Å². The van der Waals surface area contributed by atoms with Crippen LogP contribution in [0.25, 0.3) is 0 Å². The van der Waals surface area contributed by atoms with E-state index in [1.54, 1.807) is 0 Å². The molecule has 0 amide bonds. The molecule has 3 heteroatoms. The van der Waals surface area contributed by atoms with Crippen LogP contribution in [0, 0.1) is 0 Å². The Morgan fingerprint density at radius 2 is 2.38 bits per heavy atom. The molecule has 0 aromatic rings. The van der Waals surface area contributed by atoms with E-state index in [9.17, 15) is 0 Å².